The molecule has 0 aromatic heterocycles. The second kappa shape index (κ2) is 6.73. The number of piperazine rings is 1. The van der Waals surface area contributed by atoms with Gasteiger partial charge in [-0.3, -0.25) is 9.59 Å². The van der Waals surface area contributed by atoms with E-state index >= 15 is 0 Å². The van der Waals surface area contributed by atoms with Crippen LogP contribution in [0.25, 0.3) is 0 Å². The van der Waals surface area contributed by atoms with Gasteiger partial charge in [-0.25, -0.2) is 0 Å². The van der Waals surface area contributed by atoms with Crippen LogP contribution in [0.1, 0.15) is 47.5 Å². The van der Waals surface area contributed by atoms with Crippen LogP contribution in [0.2, 0.25) is 0 Å². The van der Waals surface area contributed by atoms with Gasteiger partial charge < -0.3 is 10.2 Å². The first kappa shape index (κ1) is 15.7. The van der Waals surface area contributed by atoms with Crippen LogP contribution in [0.5, 0.6) is 0 Å². The molecule has 1 rings (SSSR count). The zero-order chi connectivity index (χ0) is 14.6. The third-order valence-corrected chi connectivity index (χ3v) is 3.37. The van der Waals surface area contributed by atoms with Crippen molar-refractivity contribution in [1.29, 1.82) is 0 Å². The standard InChI is InChI=1S/C15H26N2O2/c1-6-13-14(18)16-12(9-11(4)5)15(19)17(13)8-7-10(2)3/h7,11-13H,6,8-9H2,1-5H3,(H,16,18). The van der Waals surface area contributed by atoms with Gasteiger partial charge in [-0.1, -0.05) is 32.4 Å². The summed E-state index contributed by atoms with van der Waals surface area (Å²) >= 11 is 0. The van der Waals surface area contributed by atoms with Crippen LogP contribution in [-0.2, 0) is 9.59 Å². The third kappa shape index (κ3) is 4.08. The molecule has 0 aromatic rings. The summed E-state index contributed by atoms with van der Waals surface area (Å²) in [5.41, 5.74) is 1.16. The van der Waals surface area contributed by atoms with Crippen molar-refractivity contribution >= 4 is 11.8 Å². The van der Waals surface area contributed by atoms with Crippen molar-refractivity contribution in [2.75, 3.05) is 6.54 Å². The number of hydrogen-bond acceptors (Lipinski definition) is 2. The molecule has 1 N–H and O–H groups in total. The van der Waals surface area contributed by atoms with Crippen molar-refractivity contribution in [3.8, 4) is 0 Å². The normalized spacial score (nSPS) is 23.6. The first-order valence-corrected chi connectivity index (χ1v) is 7.11. The fraction of sp³-hybridized carbons (Fsp3) is 0.733. The molecule has 2 amide bonds. The van der Waals surface area contributed by atoms with Crippen molar-refractivity contribution in [3.05, 3.63) is 11.6 Å². The van der Waals surface area contributed by atoms with Crippen molar-refractivity contribution in [1.82, 2.24) is 10.2 Å². The van der Waals surface area contributed by atoms with Gasteiger partial charge in [0.15, 0.2) is 0 Å². The third-order valence-electron chi connectivity index (χ3n) is 3.37. The van der Waals surface area contributed by atoms with E-state index in [4.69, 9.17) is 0 Å². The predicted octanol–water partition coefficient (Wildman–Crippen LogP) is 2.10. The zero-order valence-corrected chi connectivity index (χ0v) is 12.7. The quantitative estimate of drug-likeness (QED) is 0.775. The highest BCUT2D eigenvalue weighted by Crippen LogP contribution is 2.17. The van der Waals surface area contributed by atoms with E-state index in [2.05, 4.69) is 19.2 Å². The fourth-order valence-electron chi connectivity index (χ4n) is 2.36. The SMILES string of the molecule is CCC1C(=O)NC(CC(C)C)C(=O)N1CC=C(C)C. The van der Waals surface area contributed by atoms with Gasteiger partial charge >= 0.3 is 0 Å². The van der Waals surface area contributed by atoms with E-state index in [0.717, 1.165) is 5.57 Å². The lowest BCUT2D eigenvalue weighted by molar-refractivity contribution is -0.149. The van der Waals surface area contributed by atoms with Crippen LogP contribution >= 0.6 is 0 Å². The van der Waals surface area contributed by atoms with E-state index in [1.165, 1.54) is 0 Å². The zero-order valence-electron chi connectivity index (χ0n) is 12.7. The Balaban J connectivity index is 2.89. The highest BCUT2D eigenvalue weighted by atomic mass is 16.2. The minimum absolute atomic E-state index is 0.0186. The first-order valence-electron chi connectivity index (χ1n) is 7.11. The minimum atomic E-state index is -0.360. The fourth-order valence-corrected chi connectivity index (χ4v) is 2.36. The van der Waals surface area contributed by atoms with E-state index in [9.17, 15) is 9.59 Å². The van der Waals surface area contributed by atoms with Gasteiger partial charge in [0.05, 0.1) is 0 Å². The maximum absolute atomic E-state index is 12.5. The Morgan fingerprint density at radius 3 is 2.47 bits per heavy atom. The Labute approximate surface area is 116 Å². The number of nitrogens with one attached hydrogen (secondary N) is 1. The molecule has 108 valence electrons. The summed E-state index contributed by atoms with van der Waals surface area (Å²) in [4.78, 5) is 26.3. The van der Waals surface area contributed by atoms with Gasteiger partial charge in [-0.05, 0) is 32.6 Å². The molecule has 2 atom stereocenters. The lowest BCUT2D eigenvalue weighted by Crippen LogP contribution is -2.63. The molecule has 0 aliphatic carbocycles. The maximum Gasteiger partial charge on any atom is 0.246 e. The molecule has 1 aliphatic rings. The Kier molecular flexibility index (Phi) is 5.58. The summed E-state index contributed by atoms with van der Waals surface area (Å²) in [6, 6.07) is -0.688. The van der Waals surface area contributed by atoms with Gasteiger partial charge in [0, 0.05) is 6.54 Å². The molecular formula is C15H26N2O2. The maximum atomic E-state index is 12.5. The van der Waals surface area contributed by atoms with E-state index in [1.807, 2.05) is 26.8 Å². The van der Waals surface area contributed by atoms with Gasteiger partial charge in [-0.2, -0.15) is 0 Å². The van der Waals surface area contributed by atoms with E-state index in [0.29, 0.717) is 25.3 Å². The van der Waals surface area contributed by atoms with Gasteiger partial charge in [0.1, 0.15) is 12.1 Å². The molecule has 1 saturated heterocycles. The number of allylic oxidation sites excluding steroid dienone is 1. The predicted molar refractivity (Wildman–Crippen MR) is 76.6 cm³/mol. The van der Waals surface area contributed by atoms with Crippen LogP contribution in [0.4, 0.5) is 0 Å². The number of amides is 2. The lowest BCUT2D eigenvalue weighted by atomic mass is 9.97. The van der Waals surface area contributed by atoms with Crippen molar-refractivity contribution in [2.24, 2.45) is 5.92 Å². The molecule has 0 spiro atoms. The van der Waals surface area contributed by atoms with Crippen molar-refractivity contribution < 1.29 is 9.59 Å². The average molecular weight is 266 g/mol. The molecule has 2 unspecified atom stereocenters. The topological polar surface area (TPSA) is 49.4 Å². The first-order chi connectivity index (χ1) is 8.86. The van der Waals surface area contributed by atoms with Gasteiger partial charge in [-0.15, -0.1) is 0 Å². The molecule has 19 heavy (non-hydrogen) atoms. The summed E-state index contributed by atoms with van der Waals surface area (Å²) in [6.45, 7) is 10.6. The summed E-state index contributed by atoms with van der Waals surface area (Å²) in [6.07, 6.45) is 3.36. The highest BCUT2D eigenvalue weighted by Gasteiger charge is 2.38. The van der Waals surface area contributed by atoms with E-state index in [1.54, 1.807) is 4.90 Å². The van der Waals surface area contributed by atoms with Crippen molar-refractivity contribution in [3.63, 3.8) is 0 Å². The summed E-state index contributed by atoms with van der Waals surface area (Å²) in [7, 11) is 0. The Morgan fingerprint density at radius 2 is 2.00 bits per heavy atom. The molecule has 0 saturated carbocycles. The second-order valence-electron chi connectivity index (χ2n) is 5.89. The molecule has 1 fully saturated rings. The number of nitrogens with zero attached hydrogens (tertiary/aromatic N) is 1. The average Bonchev–Trinajstić information content (AvgIpc) is 2.30. The van der Waals surface area contributed by atoms with E-state index < -0.39 is 0 Å². The van der Waals surface area contributed by atoms with Crippen LogP contribution < -0.4 is 5.32 Å². The van der Waals surface area contributed by atoms with Crippen LogP contribution in [0.3, 0.4) is 0 Å². The second-order valence-corrected chi connectivity index (χ2v) is 5.89. The Hall–Kier alpha value is -1.32. The number of hydrogen-bond donors (Lipinski definition) is 1. The monoisotopic (exact) mass is 266 g/mol. The smallest absolute Gasteiger partial charge is 0.246 e. The lowest BCUT2D eigenvalue weighted by Gasteiger charge is -2.38. The molecule has 0 aromatic carbocycles. The van der Waals surface area contributed by atoms with Crippen molar-refractivity contribution in [2.45, 2.75) is 59.5 Å². The molecule has 4 nitrogen and oxygen atoms in total. The summed E-state index contributed by atoms with van der Waals surface area (Å²) < 4.78 is 0. The molecule has 0 radical (unpaired) electrons. The highest BCUT2D eigenvalue weighted by molar-refractivity contribution is 5.97. The molecule has 1 aliphatic heterocycles. The summed E-state index contributed by atoms with van der Waals surface area (Å²) in [5.74, 6) is 0.422. The molecule has 0 bridgehead atoms. The van der Waals surface area contributed by atoms with Crippen LogP contribution in [0.15, 0.2) is 11.6 Å². The van der Waals surface area contributed by atoms with E-state index in [-0.39, 0.29) is 23.9 Å². The van der Waals surface area contributed by atoms with Gasteiger partial charge in [0.25, 0.3) is 0 Å². The Bertz CT molecular complexity index is 370. The van der Waals surface area contributed by atoms with Crippen LogP contribution in [-0.4, -0.2) is 35.3 Å². The number of rotatable bonds is 5. The number of carbonyl (C=O) groups is 2. The Morgan fingerprint density at radius 1 is 1.37 bits per heavy atom. The minimum Gasteiger partial charge on any atom is -0.342 e. The molecule has 4 heteroatoms. The number of carbonyl (C=O) groups excluding carboxylic acids is 2. The summed E-state index contributed by atoms with van der Waals surface area (Å²) in [5, 5.41) is 2.87. The molecule has 1 heterocycles. The molecular weight excluding hydrogens is 240 g/mol. The van der Waals surface area contributed by atoms with Gasteiger partial charge in [0.2, 0.25) is 11.8 Å². The van der Waals surface area contributed by atoms with Crippen LogP contribution in [0, 0.1) is 5.92 Å². The largest absolute Gasteiger partial charge is 0.342 e.